The zero-order valence-electron chi connectivity index (χ0n) is 6.03. The van der Waals surface area contributed by atoms with E-state index in [4.69, 9.17) is 10.5 Å². The van der Waals surface area contributed by atoms with Crippen molar-refractivity contribution >= 4 is 17.1 Å². The van der Waals surface area contributed by atoms with Crippen molar-refractivity contribution in [3.8, 4) is 5.19 Å². The first kappa shape index (κ1) is 8.16. The SMILES string of the molecule is COc1ncc(C(=O)CN)s1. The van der Waals surface area contributed by atoms with E-state index in [1.54, 1.807) is 0 Å². The molecule has 1 aromatic rings. The van der Waals surface area contributed by atoms with Crippen molar-refractivity contribution in [2.45, 2.75) is 0 Å². The number of ether oxygens (including phenoxy) is 1. The summed E-state index contributed by atoms with van der Waals surface area (Å²) < 4.78 is 4.80. The van der Waals surface area contributed by atoms with Crippen molar-refractivity contribution in [1.29, 1.82) is 0 Å². The molecule has 60 valence electrons. The van der Waals surface area contributed by atoms with Gasteiger partial charge in [0, 0.05) is 0 Å². The van der Waals surface area contributed by atoms with E-state index >= 15 is 0 Å². The summed E-state index contributed by atoms with van der Waals surface area (Å²) in [4.78, 5) is 15.3. The van der Waals surface area contributed by atoms with E-state index < -0.39 is 0 Å². The summed E-state index contributed by atoms with van der Waals surface area (Å²) >= 11 is 1.20. The Labute approximate surface area is 68.0 Å². The minimum absolute atomic E-state index is 0.0192. The van der Waals surface area contributed by atoms with Crippen LogP contribution in [0.1, 0.15) is 9.67 Å². The first-order valence-corrected chi connectivity index (χ1v) is 3.82. The fraction of sp³-hybridized carbons (Fsp3) is 0.333. The van der Waals surface area contributed by atoms with Crippen LogP contribution in [0.3, 0.4) is 0 Å². The molecule has 0 aliphatic heterocycles. The summed E-state index contributed by atoms with van der Waals surface area (Å²) in [5, 5.41) is 0.488. The minimum Gasteiger partial charge on any atom is -0.473 e. The number of nitrogens with two attached hydrogens (primary N) is 1. The van der Waals surface area contributed by atoms with Crippen molar-refractivity contribution in [2.24, 2.45) is 5.73 Å². The van der Waals surface area contributed by atoms with Gasteiger partial charge in [0.15, 0.2) is 5.78 Å². The van der Waals surface area contributed by atoms with Gasteiger partial charge in [-0.3, -0.25) is 4.79 Å². The van der Waals surface area contributed by atoms with Crippen molar-refractivity contribution < 1.29 is 9.53 Å². The molecule has 1 heterocycles. The second kappa shape index (κ2) is 3.45. The Balaban J connectivity index is 2.80. The molecule has 0 saturated carbocycles. The lowest BCUT2D eigenvalue weighted by Crippen LogP contribution is -2.11. The van der Waals surface area contributed by atoms with E-state index in [-0.39, 0.29) is 12.3 Å². The topological polar surface area (TPSA) is 65.2 Å². The molecule has 0 aliphatic rings. The van der Waals surface area contributed by atoms with Gasteiger partial charge in [-0.2, -0.15) is 0 Å². The van der Waals surface area contributed by atoms with Gasteiger partial charge in [0.25, 0.3) is 5.19 Å². The molecule has 0 spiro atoms. The number of carbonyl (C=O) groups excluding carboxylic acids is 1. The Morgan fingerprint density at radius 2 is 2.64 bits per heavy atom. The largest absolute Gasteiger partial charge is 0.473 e. The van der Waals surface area contributed by atoms with Gasteiger partial charge in [-0.25, -0.2) is 4.98 Å². The molecule has 11 heavy (non-hydrogen) atoms. The summed E-state index contributed by atoms with van der Waals surface area (Å²) in [5.74, 6) is -0.106. The number of rotatable bonds is 3. The smallest absolute Gasteiger partial charge is 0.273 e. The van der Waals surface area contributed by atoms with Gasteiger partial charge >= 0.3 is 0 Å². The van der Waals surface area contributed by atoms with E-state index in [9.17, 15) is 4.79 Å². The van der Waals surface area contributed by atoms with Crippen molar-refractivity contribution in [3.63, 3.8) is 0 Å². The first-order chi connectivity index (χ1) is 5.27. The van der Waals surface area contributed by atoms with Crippen molar-refractivity contribution in [3.05, 3.63) is 11.1 Å². The van der Waals surface area contributed by atoms with E-state index in [0.29, 0.717) is 10.1 Å². The van der Waals surface area contributed by atoms with Crippen LogP contribution in [0.2, 0.25) is 0 Å². The predicted octanol–water partition coefficient (Wildman–Crippen LogP) is 0.293. The maximum atomic E-state index is 10.9. The van der Waals surface area contributed by atoms with Crippen LogP contribution in [-0.2, 0) is 0 Å². The summed E-state index contributed by atoms with van der Waals surface area (Å²) in [6.45, 7) is 0.0192. The van der Waals surface area contributed by atoms with Crippen LogP contribution in [0.25, 0.3) is 0 Å². The van der Waals surface area contributed by atoms with Crippen LogP contribution >= 0.6 is 11.3 Å². The number of Topliss-reactive ketones (excluding diaryl/α,β-unsaturated/α-hetero) is 1. The first-order valence-electron chi connectivity index (χ1n) is 3.01. The number of ketones is 1. The Morgan fingerprint density at radius 3 is 3.09 bits per heavy atom. The third-order valence-corrected chi connectivity index (χ3v) is 2.12. The molecule has 0 unspecified atom stereocenters. The number of nitrogens with zero attached hydrogens (tertiary/aromatic N) is 1. The van der Waals surface area contributed by atoms with E-state index in [2.05, 4.69) is 4.98 Å². The minimum atomic E-state index is -0.106. The number of carbonyl (C=O) groups is 1. The van der Waals surface area contributed by atoms with Crippen LogP contribution in [0, 0.1) is 0 Å². The van der Waals surface area contributed by atoms with E-state index in [1.807, 2.05) is 0 Å². The van der Waals surface area contributed by atoms with Gasteiger partial charge in [-0.05, 0) is 0 Å². The van der Waals surface area contributed by atoms with Crippen LogP contribution in [0.15, 0.2) is 6.20 Å². The molecule has 0 aromatic carbocycles. The molecular weight excluding hydrogens is 164 g/mol. The molecule has 4 nitrogen and oxygen atoms in total. The van der Waals surface area contributed by atoms with Crippen LogP contribution in [-0.4, -0.2) is 24.4 Å². The molecule has 0 fully saturated rings. The second-order valence-electron chi connectivity index (χ2n) is 1.82. The van der Waals surface area contributed by atoms with Gasteiger partial charge in [0.1, 0.15) is 0 Å². The van der Waals surface area contributed by atoms with Crippen LogP contribution in [0.4, 0.5) is 0 Å². The van der Waals surface area contributed by atoms with Crippen LogP contribution in [0.5, 0.6) is 5.19 Å². The van der Waals surface area contributed by atoms with Gasteiger partial charge in [0.05, 0.1) is 24.7 Å². The van der Waals surface area contributed by atoms with Gasteiger partial charge < -0.3 is 10.5 Å². The summed E-state index contributed by atoms with van der Waals surface area (Å²) in [7, 11) is 1.51. The van der Waals surface area contributed by atoms with Crippen molar-refractivity contribution in [1.82, 2.24) is 4.98 Å². The van der Waals surface area contributed by atoms with E-state index in [0.717, 1.165) is 0 Å². The normalized spacial score (nSPS) is 9.64. The highest BCUT2D eigenvalue weighted by Gasteiger charge is 2.07. The Bertz CT molecular complexity index is 259. The third-order valence-electron chi connectivity index (χ3n) is 1.12. The van der Waals surface area contributed by atoms with E-state index in [1.165, 1.54) is 24.6 Å². The standard InChI is InChI=1S/C6H8N2O2S/c1-10-6-8-3-5(11-6)4(9)2-7/h3H,2,7H2,1H3. The fourth-order valence-corrected chi connectivity index (χ4v) is 1.26. The number of methoxy groups -OCH3 is 1. The second-order valence-corrected chi connectivity index (χ2v) is 2.82. The molecule has 0 saturated heterocycles. The predicted molar refractivity (Wildman–Crippen MR) is 42.1 cm³/mol. The lowest BCUT2D eigenvalue weighted by atomic mass is 10.4. The number of thiazole rings is 1. The fourth-order valence-electron chi connectivity index (χ4n) is 0.582. The Morgan fingerprint density at radius 1 is 1.91 bits per heavy atom. The third kappa shape index (κ3) is 1.75. The molecule has 2 N–H and O–H groups in total. The van der Waals surface area contributed by atoms with Gasteiger partial charge in [-0.15, -0.1) is 0 Å². The zero-order chi connectivity index (χ0) is 8.27. The molecular formula is C6H8N2O2S. The maximum absolute atomic E-state index is 10.9. The molecule has 0 radical (unpaired) electrons. The molecule has 1 aromatic heterocycles. The maximum Gasteiger partial charge on any atom is 0.273 e. The monoisotopic (exact) mass is 172 g/mol. The number of hydrogen-bond donors (Lipinski definition) is 1. The average molecular weight is 172 g/mol. The van der Waals surface area contributed by atoms with Gasteiger partial charge in [-0.1, -0.05) is 11.3 Å². The van der Waals surface area contributed by atoms with Crippen molar-refractivity contribution in [2.75, 3.05) is 13.7 Å². The summed E-state index contributed by atoms with van der Waals surface area (Å²) in [6, 6.07) is 0. The highest BCUT2D eigenvalue weighted by atomic mass is 32.1. The molecule has 1 rings (SSSR count). The Kier molecular flexibility index (Phi) is 2.56. The average Bonchev–Trinajstić information content (AvgIpc) is 2.50. The van der Waals surface area contributed by atoms with Gasteiger partial charge in [0.2, 0.25) is 0 Å². The molecule has 0 bridgehead atoms. The summed E-state index contributed by atoms with van der Waals surface area (Å²) in [6.07, 6.45) is 1.47. The zero-order valence-corrected chi connectivity index (χ0v) is 6.85. The molecule has 0 amide bonds. The highest BCUT2D eigenvalue weighted by Crippen LogP contribution is 2.19. The molecule has 5 heteroatoms. The Hall–Kier alpha value is -0.940. The number of hydrogen-bond acceptors (Lipinski definition) is 5. The lowest BCUT2D eigenvalue weighted by Gasteiger charge is -1.88. The highest BCUT2D eigenvalue weighted by molar-refractivity contribution is 7.15. The quantitative estimate of drug-likeness (QED) is 0.666. The molecule has 0 atom stereocenters. The van der Waals surface area contributed by atoms with Crippen LogP contribution < -0.4 is 10.5 Å². The summed E-state index contributed by atoms with van der Waals surface area (Å²) in [5.41, 5.74) is 5.14. The molecule has 0 aliphatic carbocycles. The lowest BCUT2D eigenvalue weighted by molar-refractivity contribution is 0.100. The number of aromatic nitrogens is 1.